The van der Waals surface area contributed by atoms with Crippen LogP contribution < -0.4 is 10.6 Å². The fourth-order valence-electron chi connectivity index (χ4n) is 5.51. The molecular weight excluding hydrogens is 374 g/mol. The first-order valence-electron chi connectivity index (χ1n) is 8.91. The highest BCUT2D eigenvalue weighted by Gasteiger charge is 2.51. The number of nitro benzene ring substituents is 1. The first-order chi connectivity index (χ1) is 12.3. The van der Waals surface area contributed by atoms with Crippen molar-refractivity contribution in [3.05, 3.63) is 38.9 Å². The monoisotopic (exact) mass is 393 g/mol. The lowest BCUT2D eigenvalue weighted by atomic mass is 9.53. The number of non-ortho nitro benzene ring substituents is 1. The highest BCUT2D eigenvalue weighted by Crippen LogP contribution is 2.55. The number of nitro groups is 1. The number of benzene rings is 1. The van der Waals surface area contributed by atoms with Gasteiger partial charge in [0.1, 0.15) is 0 Å². The summed E-state index contributed by atoms with van der Waals surface area (Å²) in [6.07, 6.45) is 7.28. The van der Waals surface area contributed by atoms with Gasteiger partial charge < -0.3 is 5.32 Å². The predicted octanol–water partition coefficient (Wildman–Crippen LogP) is 3.82. The average molecular weight is 394 g/mol. The third-order valence-electron chi connectivity index (χ3n) is 6.05. The molecule has 0 spiro atoms. The van der Waals surface area contributed by atoms with Crippen molar-refractivity contribution in [2.45, 2.75) is 44.1 Å². The molecule has 4 aliphatic carbocycles. The zero-order valence-electron chi connectivity index (χ0n) is 14.2. The van der Waals surface area contributed by atoms with E-state index in [4.69, 9.17) is 23.8 Å². The lowest BCUT2D eigenvalue weighted by Crippen LogP contribution is -2.61. The Morgan fingerprint density at radius 1 is 1.19 bits per heavy atom. The number of carbonyl (C=O) groups excluding carboxylic acids is 1. The third kappa shape index (κ3) is 3.30. The maximum atomic E-state index is 12.5. The number of hydrogen-bond acceptors (Lipinski definition) is 4. The summed E-state index contributed by atoms with van der Waals surface area (Å²) in [5, 5.41) is 17.4. The largest absolute Gasteiger partial charge is 0.357 e. The fraction of sp³-hybridized carbons (Fsp3) is 0.556. The smallest absolute Gasteiger partial charge is 0.270 e. The number of thiocarbonyl (C=S) groups is 1. The Labute approximate surface area is 161 Å². The first-order valence-corrected chi connectivity index (χ1v) is 9.70. The number of nitrogens with one attached hydrogen (secondary N) is 2. The van der Waals surface area contributed by atoms with E-state index in [0.717, 1.165) is 37.0 Å². The minimum atomic E-state index is -0.556. The van der Waals surface area contributed by atoms with Crippen molar-refractivity contribution in [3.63, 3.8) is 0 Å². The van der Waals surface area contributed by atoms with Crippen LogP contribution in [0.2, 0.25) is 5.02 Å². The molecule has 26 heavy (non-hydrogen) atoms. The highest BCUT2D eigenvalue weighted by atomic mass is 35.5. The van der Waals surface area contributed by atoms with E-state index in [2.05, 4.69) is 10.6 Å². The van der Waals surface area contributed by atoms with Crippen molar-refractivity contribution in [3.8, 4) is 0 Å². The summed E-state index contributed by atoms with van der Waals surface area (Å²) in [7, 11) is 0. The van der Waals surface area contributed by atoms with Gasteiger partial charge >= 0.3 is 0 Å². The standard InChI is InChI=1S/C18H20ClN3O3S/c19-15-2-1-13(22(24)25)6-14(15)16(23)20-17(26)21-18-7-10-3-11(8-18)5-12(4-10)9-18/h1-2,6,10-12H,3-5,7-9H2,(H2,20,21,23,26). The Kier molecular flexibility index (Phi) is 4.39. The number of carbonyl (C=O) groups is 1. The second kappa shape index (κ2) is 6.46. The van der Waals surface area contributed by atoms with Gasteiger partial charge in [0.25, 0.3) is 11.6 Å². The Balaban J connectivity index is 1.45. The fourth-order valence-corrected chi connectivity index (χ4v) is 6.02. The Morgan fingerprint density at radius 2 is 1.77 bits per heavy atom. The van der Waals surface area contributed by atoms with E-state index in [1.54, 1.807) is 0 Å². The molecule has 4 aliphatic rings. The summed E-state index contributed by atoms with van der Waals surface area (Å²) in [6.45, 7) is 0. The van der Waals surface area contributed by atoms with Crippen molar-refractivity contribution in [2.75, 3.05) is 0 Å². The van der Waals surface area contributed by atoms with Crippen LogP contribution in [0.1, 0.15) is 48.9 Å². The summed E-state index contributed by atoms with van der Waals surface area (Å²) >= 11 is 11.4. The molecule has 1 amide bonds. The third-order valence-corrected chi connectivity index (χ3v) is 6.58. The molecule has 4 bridgehead atoms. The second-order valence-corrected chi connectivity index (χ2v) is 8.84. The molecule has 0 unspecified atom stereocenters. The maximum absolute atomic E-state index is 12.5. The van der Waals surface area contributed by atoms with Crippen molar-refractivity contribution >= 4 is 40.5 Å². The zero-order chi connectivity index (χ0) is 18.5. The van der Waals surface area contributed by atoms with Crippen LogP contribution in [0.25, 0.3) is 0 Å². The van der Waals surface area contributed by atoms with E-state index in [0.29, 0.717) is 0 Å². The molecule has 6 nitrogen and oxygen atoms in total. The Hall–Kier alpha value is -1.73. The SMILES string of the molecule is O=C(NC(=S)NC12CC3CC(CC(C3)C1)C2)c1cc([N+](=O)[O-])ccc1Cl. The van der Waals surface area contributed by atoms with Crippen LogP contribution in [0, 0.1) is 27.9 Å². The number of rotatable bonds is 3. The summed E-state index contributed by atoms with van der Waals surface area (Å²) in [5.74, 6) is 1.76. The molecular formula is C18H20ClN3O3S. The molecule has 0 radical (unpaired) electrons. The average Bonchev–Trinajstić information content (AvgIpc) is 2.52. The molecule has 0 saturated heterocycles. The number of nitrogens with zero attached hydrogens (tertiary/aromatic N) is 1. The van der Waals surface area contributed by atoms with Crippen LogP contribution in [0.3, 0.4) is 0 Å². The van der Waals surface area contributed by atoms with Gasteiger partial charge in [-0.25, -0.2) is 0 Å². The van der Waals surface area contributed by atoms with Gasteiger partial charge in [-0.1, -0.05) is 11.6 Å². The minimum absolute atomic E-state index is 0.00834. The van der Waals surface area contributed by atoms with E-state index in [9.17, 15) is 14.9 Å². The number of hydrogen-bond donors (Lipinski definition) is 2. The molecule has 2 N–H and O–H groups in total. The molecule has 0 aromatic heterocycles. The molecule has 0 atom stereocenters. The van der Waals surface area contributed by atoms with Crippen LogP contribution in [0.15, 0.2) is 18.2 Å². The van der Waals surface area contributed by atoms with Crippen molar-refractivity contribution < 1.29 is 9.72 Å². The first kappa shape index (κ1) is 17.7. The van der Waals surface area contributed by atoms with Crippen molar-refractivity contribution in [1.82, 2.24) is 10.6 Å². The van der Waals surface area contributed by atoms with Crippen LogP contribution in [0.5, 0.6) is 0 Å². The summed E-state index contributed by atoms with van der Waals surface area (Å²) < 4.78 is 0. The summed E-state index contributed by atoms with van der Waals surface area (Å²) in [4.78, 5) is 22.9. The zero-order valence-corrected chi connectivity index (χ0v) is 15.7. The normalized spacial score (nSPS) is 31.5. The van der Waals surface area contributed by atoms with Crippen LogP contribution in [0.4, 0.5) is 5.69 Å². The van der Waals surface area contributed by atoms with Gasteiger partial charge in [0, 0.05) is 17.7 Å². The van der Waals surface area contributed by atoms with Gasteiger partial charge in [-0.3, -0.25) is 20.2 Å². The molecule has 4 fully saturated rings. The van der Waals surface area contributed by atoms with Crippen molar-refractivity contribution in [1.29, 1.82) is 0 Å². The quantitative estimate of drug-likeness (QED) is 0.463. The lowest BCUT2D eigenvalue weighted by molar-refractivity contribution is -0.384. The van der Waals surface area contributed by atoms with E-state index >= 15 is 0 Å². The molecule has 8 heteroatoms. The van der Waals surface area contributed by atoms with Crippen LogP contribution in [-0.4, -0.2) is 21.5 Å². The Bertz CT molecular complexity index is 763. The van der Waals surface area contributed by atoms with Crippen LogP contribution in [-0.2, 0) is 0 Å². The maximum Gasteiger partial charge on any atom is 0.270 e. The molecule has 1 aromatic rings. The molecule has 5 rings (SSSR count). The topological polar surface area (TPSA) is 84.3 Å². The predicted molar refractivity (Wildman–Crippen MR) is 102 cm³/mol. The van der Waals surface area contributed by atoms with Gasteiger partial charge in [-0.2, -0.15) is 0 Å². The molecule has 0 aliphatic heterocycles. The van der Waals surface area contributed by atoms with Gasteiger partial charge in [0.2, 0.25) is 0 Å². The van der Waals surface area contributed by atoms with Crippen molar-refractivity contribution in [2.24, 2.45) is 17.8 Å². The number of amides is 1. The van der Waals surface area contributed by atoms with E-state index < -0.39 is 10.8 Å². The van der Waals surface area contributed by atoms with E-state index in [1.807, 2.05) is 0 Å². The van der Waals surface area contributed by atoms with Gasteiger partial charge in [-0.05, 0) is 74.6 Å². The highest BCUT2D eigenvalue weighted by molar-refractivity contribution is 7.80. The van der Waals surface area contributed by atoms with E-state index in [-0.39, 0.29) is 26.9 Å². The molecule has 4 saturated carbocycles. The molecule has 0 heterocycles. The van der Waals surface area contributed by atoms with Gasteiger partial charge in [0.05, 0.1) is 15.5 Å². The Morgan fingerprint density at radius 3 is 2.31 bits per heavy atom. The second-order valence-electron chi connectivity index (χ2n) is 8.03. The number of halogens is 1. The summed E-state index contributed by atoms with van der Waals surface area (Å²) in [6, 6.07) is 3.79. The van der Waals surface area contributed by atoms with E-state index in [1.165, 1.54) is 37.5 Å². The van der Waals surface area contributed by atoms with Crippen LogP contribution >= 0.6 is 23.8 Å². The minimum Gasteiger partial charge on any atom is -0.357 e. The summed E-state index contributed by atoms with van der Waals surface area (Å²) in [5.41, 5.74) is -0.138. The molecule has 1 aromatic carbocycles. The lowest BCUT2D eigenvalue weighted by Gasteiger charge is -2.57. The van der Waals surface area contributed by atoms with Gasteiger partial charge in [0.15, 0.2) is 5.11 Å². The molecule has 138 valence electrons. The van der Waals surface area contributed by atoms with Gasteiger partial charge in [-0.15, -0.1) is 0 Å².